The predicted molar refractivity (Wildman–Crippen MR) is 90.7 cm³/mol. The van der Waals surface area contributed by atoms with E-state index in [1.807, 2.05) is 19.1 Å². The molecule has 3 aromatic rings. The highest BCUT2D eigenvalue weighted by atomic mass is 19.1. The van der Waals surface area contributed by atoms with E-state index in [9.17, 15) is 4.39 Å². The molecule has 1 aromatic heterocycles. The summed E-state index contributed by atoms with van der Waals surface area (Å²) in [4.78, 5) is 4.53. The first-order valence-electron chi connectivity index (χ1n) is 8.41. The van der Waals surface area contributed by atoms with Gasteiger partial charge in [0.05, 0.1) is 0 Å². The molecule has 0 amide bonds. The summed E-state index contributed by atoms with van der Waals surface area (Å²) in [6, 6.07) is 11.0. The molecule has 0 unspecified atom stereocenters. The van der Waals surface area contributed by atoms with Gasteiger partial charge in [-0.15, -0.1) is 0 Å². The molecular weight excluding hydrogens is 305 g/mol. The third-order valence-corrected chi connectivity index (χ3v) is 4.67. The van der Waals surface area contributed by atoms with E-state index in [4.69, 9.17) is 9.15 Å². The van der Waals surface area contributed by atoms with Crippen LogP contribution in [0.5, 0.6) is 0 Å². The van der Waals surface area contributed by atoms with Gasteiger partial charge in [0, 0.05) is 25.7 Å². The van der Waals surface area contributed by atoms with Crippen LogP contribution in [0.2, 0.25) is 0 Å². The molecule has 2 heterocycles. The van der Waals surface area contributed by atoms with Crippen LogP contribution in [0.15, 0.2) is 40.8 Å². The van der Waals surface area contributed by atoms with E-state index in [1.165, 1.54) is 23.3 Å². The fraction of sp³-hybridized carbons (Fsp3) is 0.350. The molecule has 1 fully saturated rings. The maximum atomic E-state index is 13.1. The Hall–Kier alpha value is -2.20. The van der Waals surface area contributed by atoms with Crippen LogP contribution < -0.4 is 0 Å². The number of benzene rings is 2. The van der Waals surface area contributed by atoms with Crippen molar-refractivity contribution in [2.45, 2.75) is 32.1 Å². The minimum absolute atomic E-state index is 0.204. The summed E-state index contributed by atoms with van der Waals surface area (Å²) in [7, 11) is 0. The fourth-order valence-corrected chi connectivity index (χ4v) is 3.48. The normalized spacial score (nSPS) is 15.9. The van der Waals surface area contributed by atoms with Gasteiger partial charge in [-0.25, -0.2) is 9.37 Å². The zero-order valence-corrected chi connectivity index (χ0v) is 13.7. The predicted octanol–water partition coefficient (Wildman–Crippen LogP) is 4.76. The first kappa shape index (κ1) is 15.3. The van der Waals surface area contributed by atoms with Crippen LogP contribution in [-0.4, -0.2) is 18.2 Å². The second-order valence-electron chi connectivity index (χ2n) is 6.46. The number of hydrogen-bond acceptors (Lipinski definition) is 3. The van der Waals surface area contributed by atoms with Crippen LogP contribution in [0.4, 0.5) is 4.39 Å². The number of aryl methyl sites for hydroxylation is 1. The average Bonchev–Trinajstić information content (AvgIpc) is 2.97. The third kappa shape index (κ3) is 3.06. The van der Waals surface area contributed by atoms with Gasteiger partial charge in [-0.1, -0.05) is 18.2 Å². The maximum absolute atomic E-state index is 13.1. The lowest BCUT2D eigenvalue weighted by Crippen LogP contribution is -2.14. The van der Waals surface area contributed by atoms with E-state index in [1.54, 1.807) is 0 Å². The molecule has 1 aliphatic heterocycles. The van der Waals surface area contributed by atoms with Crippen LogP contribution in [0, 0.1) is 12.7 Å². The van der Waals surface area contributed by atoms with Crippen LogP contribution in [0.1, 0.15) is 41.3 Å². The molecule has 0 spiro atoms. The molecule has 0 bridgehead atoms. The molecule has 3 nitrogen and oxygen atoms in total. The number of fused-ring (bicyclic) bond motifs is 1. The Morgan fingerprint density at radius 3 is 2.58 bits per heavy atom. The number of oxazole rings is 1. The van der Waals surface area contributed by atoms with E-state index in [2.05, 4.69) is 17.1 Å². The van der Waals surface area contributed by atoms with E-state index in [0.29, 0.717) is 11.8 Å². The third-order valence-electron chi connectivity index (χ3n) is 4.67. The van der Waals surface area contributed by atoms with Gasteiger partial charge in [0.15, 0.2) is 11.5 Å². The molecular formula is C20H20FNO2. The molecule has 0 aliphatic carbocycles. The Balaban J connectivity index is 1.74. The number of halogens is 1. The number of hydrogen-bond donors (Lipinski definition) is 0. The van der Waals surface area contributed by atoms with Gasteiger partial charge in [0.2, 0.25) is 0 Å². The average molecular weight is 325 g/mol. The van der Waals surface area contributed by atoms with Gasteiger partial charge < -0.3 is 9.15 Å². The van der Waals surface area contributed by atoms with Crippen LogP contribution in [-0.2, 0) is 11.2 Å². The first-order chi connectivity index (χ1) is 11.7. The zero-order chi connectivity index (χ0) is 16.5. The number of nitrogens with zero attached hydrogens (tertiary/aromatic N) is 1. The molecule has 1 saturated heterocycles. The lowest BCUT2D eigenvalue weighted by Gasteiger charge is -2.23. The standard InChI is InChI=1S/C20H20FNO2/c1-13-22-19-12-15(10-14-2-4-17(21)5-3-14)11-18(20(19)24-13)16-6-8-23-9-7-16/h2-5,11-12,16H,6-10H2,1H3. The summed E-state index contributed by atoms with van der Waals surface area (Å²) >= 11 is 0. The highest BCUT2D eigenvalue weighted by molar-refractivity contribution is 5.78. The van der Waals surface area contributed by atoms with E-state index in [0.717, 1.165) is 49.1 Å². The van der Waals surface area contributed by atoms with Gasteiger partial charge >= 0.3 is 0 Å². The molecule has 124 valence electrons. The zero-order valence-electron chi connectivity index (χ0n) is 13.7. The largest absolute Gasteiger partial charge is 0.441 e. The molecule has 1 aliphatic rings. The minimum atomic E-state index is -0.204. The number of ether oxygens (including phenoxy) is 1. The summed E-state index contributed by atoms with van der Waals surface area (Å²) in [6.45, 7) is 3.47. The summed E-state index contributed by atoms with van der Waals surface area (Å²) in [5.74, 6) is 0.934. The van der Waals surface area contributed by atoms with Crippen molar-refractivity contribution < 1.29 is 13.5 Å². The van der Waals surface area contributed by atoms with Crippen LogP contribution in [0.3, 0.4) is 0 Å². The molecule has 4 rings (SSSR count). The van der Waals surface area contributed by atoms with E-state index >= 15 is 0 Å². The number of aromatic nitrogens is 1. The topological polar surface area (TPSA) is 35.3 Å². The Morgan fingerprint density at radius 2 is 1.83 bits per heavy atom. The van der Waals surface area contributed by atoms with Crippen molar-refractivity contribution in [1.29, 1.82) is 0 Å². The molecule has 0 N–H and O–H groups in total. The Bertz CT molecular complexity index is 848. The molecule has 0 atom stereocenters. The van der Waals surface area contributed by atoms with Gasteiger partial charge in [-0.05, 0) is 54.5 Å². The van der Waals surface area contributed by atoms with E-state index < -0.39 is 0 Å². The second kappa shape index (κ2) is 6.36. The first-order valence-corrected chi connectivity index (χ1v) is 8.41. The Morgan fingerprint density at radius 1 is 1.08 bits per heavy atom. The van der Waals surface area contributed by atoms with Crippen LogP contribution in [0.25, 0.3) is 11.1 Å². The lowest BCUT2D eigenvalue weighted by atomic mass is 9.89. The van der Waals surface area contributed by atoms with Crippen molar-refractivity contribution in [3.63, 3.8) is 0 Å². The quantitative estimate of drug-likeness (QED) is 0.696. The summed E-state index contributed by atoms with van der Waals surface area (Å²) in [5, 5.41) is 0. The molecule has 24 heavy (non-hydrogen) atoms. The van der Waals surface area contributed by atoms with Crippen molar-refractivity contribution in [2.24, 2.45) is 0 Å². The summed E-state index contributed by atoms with van der Waals surface area (Å²) in [5.41, 5.74) is 5.32. The van der Waals surface area contributed by atoms with Gasteiger partial charge in [-0.2, -0.15) is 0 Å². The van der Waals surface area contributed by atoms with Crippen molar-refractivity contribution in [2.75, 3.05) is 13.2 Å². The molecule has 4 heteroatoms. The van der Waals surface area contributed by atoms with Crippen LogP contribution >= 0.6 is 0 Å². The van der Waals surface area contributed by atoms with Crippen molar-refractivity contribution in [1.82, 2.24) is 4.98 Å². The summed E-state index contributed by atoms with van der Waals surface area (Å²) in [6.07, 6.45) is 2.78. The Kier molecular flexibility index (Phi) is 4.07. The SMILES string of the molecule is Cc1nc2cc(Cc3ccc(F)cc3)cc(C3CCOCC3)c2o1. The summed E-state index contributed by atoms with van der Waals surface area (Å²) < 4.78 is 24.5. The van der Waals surface area contributed by atoms with Crippen molar-refractivity contribution in [3.05, 3.63) is 64.8 Å². The van der Waals surface area contributed by atoms with E-state index in [-0.39, 0.29) is 5.82 Å². The lowest BCUT2D eigenvalue weighted by molar-refractivity contribution is 0.0854. The van der Waals surface area contributed by atoms with Gasteiger partial charge in [0.25, 0.3) is 0 Å². The Labute approximate surface area is 140 Å². The minimum Gasteiger partial charge on any atom is -0.441 e. The van der Waals surface area contributed by atoms with Crippen molar-refractivity contribution >= 4 is 11.1 Å². The van der Waals surface area contributed by atoms with Gasteiger partial charge in [-0.3, -0.25) is 0 Å². The highest BCUT2D eigenvalue weighted by Gasteiger charge is 2.21. The molecule has 0 radical (unpaired) electrons. The highest BCUT2D eigenvalue weighted by Crippen LogP contribution is 2.34. The van der Waals surface area contributed by atoms with Gasteiger partial charge in [0.1, 0.15) is 11.3 Å². The number of rotatable bonds is 3. The fourth-order valence-electron chi connectivity index (χ4n) is 3.48. The molecule has 2 aromatic carbocycles. The smallest absolute Gasteiger partial charge is 0.192 e. The maximum Gasteiger partial charge on any atom is 0.192 e. The van der Waals surface area contributed by atoms with Crippen molar-refractivity contribution in [3.8, 4) is 0 Å². The monoisotopic (exact) mass is 325 g/mol. The molecule has 0 saturated carbocycles. The second-order valence-corrected chi connectivity index (χ2v) is 6.46.